The van der Waals surface area contributed by atoms with Gasteiger partial charge in [0.2, 0.25) is 10.0 Å². The number of likely N-dealkylation sites (N-methyl/N-ethyl adjacent to an activating group) is 1. The number of hydrogen-bond donors (Lipinski definition) is 0. The topological polar surface area (TPSA) is 124 Å². The summed E-state index contributed by atoms with van der Waals surface area (Å²) < 4.78 is 32.0. The number of carbonyl (C=O) groups excluding carboxylic acids is 2. The highest BCUT2D eigenvalue weighted by atomic mass is 32.2. The summed E-state index contributed by atoms with van der Waals surface area (Å²) in [6.07, 6.45) is 0.168. The van der Waals surface area contributed by atoms with Gasteiger partial charge < -0.3 is 4.74 Å². The Hall–Kier alpha value is -3.11. The molecule has 0 spiro atoms. The number of rotatable bonds is 10. The number of carbonyl (C=O) groups is 2. The zero-order valence-electron chi connectivity index (χ0n) is 17.4. The van der Waals surface area contributed by atoms with Crippen molar-refractivity contribution >= 4 is 27.5 Å². The lowest BCUT2D eigenvalue weighted by Crippen LogP contribution is -2.44. The molecule has 0 aliphatic carbocycles. The third kappa shape index (κ3) is 6.19. The van der Waals surface area contributed by atoms with Gasteiger partial charge in [-0.3, -0.25) is 19.7 Å². The summed E-state index contributed by atoms with van der Waals surface area (Å²) in [7, 11) is -2.90. The van der Waals surface area contributed by atoms with Gasteiger partial charge in [-0.25, -0.2) is 8.42 Å². The molecule has 31 heavy (non-hydrogen) atoms. The molecule has 2 aromatic rings. The van der Waals surface area contributed by atoms with Crippen LogP contribution in [-0.4, -0.2) is 49.1 Å². The van der Waals surface area contributed by atoms with Crippen LogP contribution in [0.15, 0.2) is 59.5 Å². The second-order valence-corrected chi connectivity index (χ2v) is 9.31. The van der Waals surface area contributed by atoms with Crippen LogP contribution in [0, 0.1) is 16.0 Å². The number of non-ortho nitro benzene ring substituents is 1. The number of ketones is 1. The summed E-state index contributed by atoms with van der Waals surface area (Å²) in [6, 6.07) is 11.5. The van der Waals surface area contributed by atoms with Crippen molar-refractivity contribution < 1.29 is 27.7 Å². The minimum atomic E-state index is -4.14. The van der Waals surface area contributed by atoms with Gasteiger partial charge in [0.05, 0.1) is 9.82 Å². The van der Waals surface area contributed by atoms with Crippen molar-refractivity contribution in [2.75, 3.05) is 13.7 Å². The molecule has 0 aromatic heterocycles. The molecule has 0 saturated carbocycles. The fourth-order valence-corrected chi connectivity index (χ4v) is 4.17. The maximum atomic E-state index is 13.0. The van der Waals surface area contributed by atoms with E-state index in [1.54, 1.807) is 30.3 Å². The van der Waals surface area contributed by atoms with Crippen LogP contribution in [0.5, 0.6) is 0 Å². The minimum absolute atomic E-state index is 0.0446. The average Bonchev–Trinajstić information content (AvgIpc) is 2.75. The van der Waals surface area contributed by atoms with Crippen LogP contribution in [0.3, 0.4) is 0 Å². The highest BCUT2D eigenvalue weighted by Crippen LogP contribution is 2.23. The van der Waals surface area contributed by atoms with Crippen molar-refractivity contribution in [3.05, 3.63) is 70.3 Å². The Balaban J connectivity index is 2.20. The summed E-state index contributed by atoms with van der Waals surface area (Å²) >= 11 is 0. The molecule has 0 bridgehead atoms. The zero-order chi connectivity index (χ0) is 23.2. The average molecular weight is 448 g/mol. The molecule has 1 atom stereocenters. The number of sulfonamides is 1. The minimum Gasteiger partial charge on any atom is -0.456 e. The first-order chi connectivity index (χ1) is 14.5. The van der Waals surface area contributed by atoms with Crippen LogP contribution in [0.25, 0.3) is 0 Å². The van der Waals surface area contributed by atoms with Crippen molar-refractivity contribution in [3.8, 4) is 0 Å². The van der Waals surface area contributed by atoms with E-state index >= 15 is 0 Å². The van der Waals surface area contributed by atoms with Gasteiger partial charge in [-0.2, -0.15) is 4.31 Å². The van der Waals surface area contributed by atoms with Crippen LogP contribution in [0.1, 0.15) is 30.6 Å². The lowest BCUT2D eigenvalue weighted by Gasteiger charge is -2.27. The van der Waals surface area contributed by atoms with Gasteiger partial charge in [0.25, 0.3) is 5.69 Å². The first kappa shape index (κ1) is 24.2. The number of ether oxygens (including phenoxy) is 1. The van der Waals surface area contributed by atoms with Gasteiger partial charge in [0.1, 0.15) is 6.04 Å². The summed E-state index contributed by atoms with van der Waals surface area (Å²) in [5.41, 5.74) is 0.127. The van der Waals surface area contributed by atoms with Crippen molar-refractivity contribution in [2.24, 2.45) is 5.92 Å². The molecule has 0 aliphatic rings. The fourth-order valence-electron chi connectivity index (χ4n) is 2.85. The molecule has 9 nitrogen and oxygen atoms in total. The van der Waals surface area contributed by atoms with Crippen LogP contribution < -0.4 is 0 Å². The molecule has 0 aliphatic heterocycles. The van der Waals surface area contributed by atoms with Crippen molar-refractivity contribution in [3.63, 3.8) is 0 Å². The van der Waals surface area contributed by atoms with E-state index in [0.29, 0.717) is 5.56 Å². The number of nitro groups is 1. The summed E-state index contributed by atoms with van der Waals surface area (Å²) in [6.45, 7) is 3.13. The molecule has 2 aromatic carbocycles. The van der Waals surface area contributed by atoms with Crippen LogP contribution in [-0.2, 0) is 19.6 Å². The maximum Gasteiger partial charge on any atom is 0.324 e. The summed E-state index contributed by atoms with van der Waals surface area (Å²) in [5.74, 6) is -1.29. The standard InChI is InChI=1S/C21H24N2O7S/c1-15(2)13-19(21(25)30-14-20(24)16-7-5-4-6-8-16)22(3)31(28,29)18-11-9-17(10-12-18)23(26)27/h4-12,15,19H,13-14H2,1-3H3/t19-/m0/s1. The summed E-state index contributed by atoms with van der Waals surface area (Å²) in [5, 5.41) is 10.8. The molecule has 0 heterocycles. The van der Waals surface area contributed by atoms with Crippen molar-refractivity contribution in [1.29, 1.82) is 0 Å². The normalized spacial score (nSPS) is 12.5. The Labute approximate surface area is 180 Å². The Morgan fingerprint density at radius 1 is 1.06 bits per heavy atom. The molecule has 0 amide bonds. The van der Waals surface area contributed by atoms with Gasteiger partial charge >= 0.3 is 5.97 Å². The lowest BCUT2D eigenvalue weighted by molar-refractivity contribution is -0.384. The Bertz CT molecular complexity index is 1040. The predicted octanol–water partition coefficient (Wildman–Crippen LogP) is 3.06. The second kappa shape index (κ2) is 10.3. The van der Waals surface area contributed by atoms with Crippen LogP contribution in [0.4, 0.5) is 5.69 Å². The number of esters is 1. The van der Waals surface area contributed by atoms with Crippen molar-refractivity contribution in [1.82, 2.24) is 4.31 Å². The number of hydrogen-bond acceptors (Lipinski definition) is 7. The van der Waals surface area contributed by atoms with E-state index in [0.717, 1.165) is 28.6 Å². The van der Waals surface area contributed by atoms with E-state index < -0.39 is 39.3 Å². The molecular weight excluding hydrogens is 424 g/mol. The molecule has 0 N–H and O–H groups in total. The molecule has 0 saturated heterocycles. The van der Waals surface area contributed by atoms with Gasteiger partial charge in [-0.1, -0.05) is 44.2 Å². The molecule has 0 fully saturated rings. The Morgan fingerprint density at radius 2 is 1.65 bits per heavy atom. The van der Waals surface area contributed by atoms with Gasteiger partial charge in [0.15, 0.2) is 12.4 Å². The highest BCUT2D eigenvalue weighted by molar-refractivity contribution is 7.89. The Kier molecular flexibility index (Phi) is 8.01. The Morgan fingerprint density at radius 3 is 2.16 bits per heavy atom. The van der Waals surface area contributed by atoms with E-state index in [4.69, 9.17) is 4.74 Å². The molecular formula is C21H24N2O7S. The quantitative estimate of drug-likeness (QED) is 0.237. The molecule has 10 heteroatoms. The number of Topliss-reactive ketones (excluding diaryl/α,β-unsaturated/α-hetero) is 1. The highest BCUT2D eigenvalue weighted by Gasteiger charge is 2.35. The van der Waals surface area contributed by atoms with Crippen LogP contribution in [0.2, 0.25) is 0 Å². The first-order valence-electron chi connectivity index (χ1n) is 9.51. The largest absolute Gasteiger partial charge is 0.456 e. The maximum absolute atomic E-state index is 13.0. The number of benzene rings is 2. The van der Waals surface area contributed by atoms with Crippen LogP contribution >= 0.6 is 0 Å². The molecule has 166 valence electrons. The lowest BCUT2D eigenvalue weighted by atomic mass is 10.0. The van der Waals surface area contributed by atoms with E-state index in [1.807, 2.05) is 13.8 Å². The molecule has 2 rings (SSSR count). The van der Waals surface area contributed by atoms with E-state index in [-0.39, 0.29) is 22.9 Å². The van der Waals surface area contributed by atoms with E-state index in [2.05, 4.69) is 0 Å². The number of nitrogens with zero attached hydrogens (tertiary/aromatic N) is 2. The first-order valence-corrected chi connectivity index (χ1v) is 11.0. The second-order valence-electron chi connectivity index (χ2n) is 7.31. The smallest absolute Gasteiger partial charge is 0.324 e. The fraction of sp³-hybridized carbons (Fsp3) is 0.333. The third-order valence-corrected chi connectivity index (χ3v) is 6.45. The third-order valence-electron chi connectivity index (χ3n) is 4.57. The predicted molar refractivity (Wildman–Crippen MR) is 113 cm³/mol. The van der Waals surface area contributed by atoms with Gasteiger partial charge in [0, 0.05) is 24.7 Å². The molecule has 0 unspecified atom stereocenters. The molecule has 0 radical (unpaired) electrons. The monoisotopic (exact) mass is 448 g/mol. The van der Waals surface area contributed by atoms with Gasteiger partial charge in [-0.05, 0) is 24.5 Å². The summed E-state index contributed by atoms with van der Waals surface area (Å²) in [4.78, 5) is 34.9. The van der Waals surface area contributed by atoms with Gasteiger partial charge in [-0.15, -0.1) is 0 Å². The SMILES string of the molecule is CC(C)C[C@@H](C(=O)OCC(=O)c1ccccc1)N(C)S(=O)(=O)c1ccc([N+](=O)[O-])cc1. The number of nitro benzene ring substituents is 1. The zero-order valence-corrected chi connectivity index (χ0v) is 18.2. The van der Waals surface area contributed by atoms with E-state index in [9.17, 15) is 28.1 Å². The van der Waals surface area contributed by atoms with E-state index in [1.165, 1.54) is 7.05 Å². The van der Waals surface area contributed by atoms with Crippen molar-refractivity contribution in [2.45, 2.75) is 31.2 Å².